The highest BCUT2D eigenvalue weighted by Crippen LogP contribution is 2.07. The molecule has 0 unspecified atom stereocenters. The fourth-order valence-corrected chi connectivity index (χ4v) is 2.51. The maximum atomic E-state index is 11.7. The standard InChI is InChI=1S/C14H22N6O4/c21-13(15-4-7-18-5-2-1-3-6-18)9-16-14(22)11-19-10-12(8-17-19)20(23)24/h8,10H,1-7,9,11H2,(H,15,21)(H,16,22). The van der Waals surface area contributed by atoms with Crippen LogP contribution in [0.2, 0.25) is 0 Å². The first-order valence-electron chi connectivity index (χ1n) is 7.97. The van der Waals surface area contributed by atoms with Crippen LogP contribution in [0.5, 0.6) is 0 Å². The number of piperidine rings is 1. The van der Waals surface area contributed by atoms with Crippen molar-refractivity contribution in [2.45, 2.75) is 25.8 Å². The largest absolute Gasteiger partial charge is 0.353 e. The van der Waals surface area contributed by atoms with E-state index in [-0.39, 0.29) is 24.7 Å². The number of rotatable bonds is 8. The molecule has 1 aliphatic rings. The molecule has 0 bridgehead atoms. The molecule has 2 amide bonds. The van der Waals surface area contributed by atoms with Crippen LogP contribution >= 0.6 is 0 Å². The van der Waals surface area contributed by atoms with Crippen molar-refractivity contribution in [2.24, 2.45) is 0 Å². The fraction of sp³-hybridized carbons (Fsp3) is 0.643. The van der Waals surface area contributed by atoms with Gasteiger partial charge in [0, 0.05) is 13.1 Å². The normalized spacial score (nSPS) is 15.0. The molecule has 0 spiro atoms. The molecule has 0 atom stereocenters. The van der Waals surface area contributed by atoms with E-state index in [1.165, 1.54) is 19.3 Å². The van der Waals surface area contributed by atoms with E-state index in [0.717, 1.165) is 36.7 Å². The highest BCUT2D eigenvalue weighted by atomic mass is 16.6. The van der Waals surface area contributed by atoms with Gasteiger partial charge in [0.2, 0.25) is 11.8 Å². The van der Waals surface area contributed by atoms with Gasteiger partial charge in [-0.15, -0.1) is 0 Å². The fourth-order valence-electron chi connectivity index (χ4n) is 2.51. The Labute approximate surface area is 139 Å². The molecule has 2 N–H and O–H groups in total. The van der Waals surface area contributed by atoms with E-state index in [4.69, 9.17) is 0 Å². The summed E-state index contributed by atoms with van der Waals surface area (Å²) < 4.78 is 1.15. The maximum Gasteiger partial charge on any atom is 0.307 e. The van der Waals surface area contributed by atoms with Crippen LogP contribution in [0, 0.1) is 10.1 Å². The zero-order valence-electron chi connectivity index (χ0n) is 13.4. The summed E-state index contributed by atoms with van der Waals surface area (Å²) in [7, 11) is 0. The quantitative estimate of drug-likeness (QED) is 0.487. The van der Waals surface area contributed by atoms with E-state index in [1.807, 2.05) is 0 Å². The molecule has 0 saturated carbocycles. The Morgan fingerprint density at radius 2 is 1.96 bits per heavy atom. The summed E-state index contributed by atoms with van der Waals surface area (Å²) in [4.78, 5) is 35.6. The molecule has 1 aromatic heterocycles. The summed E-state index contributed by atoms with van der Waals surface area (Å²) in [5.74, 6) is -0.689. The van der Waals surface area contributed by atoms with Crippen molar-refractivity contribution in [1.29, 1.82) is 0 Å². The SMILES string of the molecule is O=C(CNC(=O)Cn1cc([N+](=O)[O-])cn1)NCCN1CCCCC1. The second kappa shape index (κ2) is 8.96. The number of carbonyl (C=O) groups excluding carboxylic acids is 2. The number of carbonyl (C=O) groups is 2. The van der Waals surface area contributed by atoms with E-state index in [1.54, 1.807) is 0 Å². The van der Waals surface area contributed by atoms with Crippen molar-refractivity contribution < 1.29 is 14.5 Å². The molecule has 10 nitrogen and oxygen atoms in total. The van der Waals surface area contributed by atoms with Crippen molar-refractivity contribution in [3.05, 3.63) is 22.5 Å². The Morgan fingerprint density at radius 3 is 2.62 bits per heavy atom. The second-order valence-corrected chi connectivity index (χ2v) is 5.68. The molecular formula is C14H22N6O4. The third-order valence-electron chi connectivity index (χ3n) is 3.78. The van der Waals surface area contributed by atoms with Gasteiger partial charge in [0.15, 0.2) is 0 Å². The minimum atomic E-state index is -0.586. The van der Waals surface area contributed by atoms with Crippen molar-refractivity contribution >= 4 is 17.5 Å². The van der Waals surface area contributed by atoms with Gasteiger partial charge in [-0.3, -0.25) is 24.4 Å². The minimum absolute atomic E-state index is 0.123. The lowest BCUT2D eigenvalue weighted by Crippen LogP contribution is -2.42. The number of nitrogens with zero attached hydrogens (tertiary/aromatic N) is 4. The van der Waals surface area contributed by atoms with Crippen molar-refractivity contribution in [2.75, 3.05) is 32.7 Å². The molecule has 10 heteroatoms. The predicted octanol–water partition coefficient (Wildman–Crippen LogP) is -0.490. The van der Waals surface area contributed by atoms with E-state index in [2.05, 4.69) is 20.6 Å². The average Bonchev–Trinajstić information content (AvgIpc) is 3.03. The zero-order chi connectivity index (χ0) is 17.4. The third-order valence-corrected chi connectivity index (χ3v) is 3.78. The Morgan fingerprint density at radius 1 is 1.21 bits per heavy atom. The molecule has 132 valence electrons. The van der Waals surface area contributed by atoms with Gasteiger partial charge in [-0.25, -0.2) is 0 Å². The first kappa shape index (κ1) is 17.9. The van der Waals surface area contributed by atoms with Crippen LogP contribution in [0.25, 0.3) is 0 Å². The number of aromatic nitrogens is 2. The molecule has 2 rings (SSSR count). The molecule has 1 fully saturated rings. The summed E-state index contributed by atoms with van der Waals surface area (Å²) in [6.45, 7) is 3.22. The van der Waals surface area contributed by atoms with Crippen LogP contribution in [0.3, 0.4) is 0 Å². The number of amides is 2. The van der Waals surface area contributed by atoms with Crippen LogP contribution < -0.4 is 10.6 Å². The number of nitrogens with one attached hydrogen (secondary N) is 2. The van der Waals surface area contributed by atoms with E-state index < -0.39 is 10.8 Å². The molecule has 0 aliphatic carbocycles. The molecule has 0 aromatic carbocycles. The Bertz CT molecular complexity index is 582. The summed E-state index contributed by atoms with van der Waals surface area (Å²) in [5, 5.41) is 19.5. The average molecular weight is 338 g/mol. The molecule has 1 aliphatic heterocycles. The van der Waals surface area contributed by atoms with Gasteiger partial charge < -0.3 is 15.5 Å². The number of hydrogen-bond donors (Lipinski definition) is 2. The van der Waals surface area contributed by atoms with Gasteiger partial charge in [0.25, 0.3) is 0 Å². The minimum Gasteiger partial charge on any atom is -0.353 e. The number of nitro groups is 1. The van der Waals surface area contributed by atoms with Gasteiger partial charge in [-0.1, -0.05) is 6.42 Å². The van der Waals surface area contributed by atoms with Crippen molar-refractivity contribution in [1.82, 2.24) is 25.3 Å². The maximum absolute atomic E-state index is 11.7. The summed E-state index contributed by atoms with van der Waals surface area (Å²) in [6.07, 6.45) is 5.92. The second-order valence-electron chi connectivity index (χ2n) is 5.68. The summed E-state index contributed by atoms with van der Waals surface area (Å²) >= 11 is 0. The Kier molecular flexibility index (Phi) is 6.67. The molecule has 1 aromatic rings. The van der Waals surface area contributed by atoms with Crippen LogP contribution in [-0.4, -0.2) is 64.1 Å². The first-order valence-corrected chi connectivity index (χ1v) is 7.97. The molecule has 0 radical (unpaired) electrons. The third kappa shape index (κ3) is 5.95. The lowest BCUT2D eigenvalue weighted by Gasteiger charge is -2.26. The van der Waals surface area contributed by atoms with Crippen LogP contribution in [0.15, 0.2) is 12.4 Å². The van der Waals surface area contributed by atoms with Gasteiger partial charge in [0.1, 0.15) is 18.9 Å². The first-order chi connectivity index (χ1) is 11.5. The summed E-state index contributed by atoms with van der Waals surface area (Å²) in [5.41, 5.74) is -0.182. The van der Waals surface area contributed by atoms with Crippen molar-refractivity contribution in [3.8, 4) is 0 Å². The van der Waals surface area contributed by atoms with Crippen LogP contribution in [0.4, 0.5) is 5.69 Å². The van der Waals surface area contributed by atoms with E-state index in [0.29, 0.717) is 6.54 Å². The number of likely N-dealkylation sites (tertiary alicyclic amines) is 1. The van der Waals surface area contributed by atoms with Gasteiger partial charge in [-0.2, -0.15) is 5.10 Å². The zero-order valence-corrected chi connectivity index (χ0v) is 13.4. The highest BCUT2D eigenvalue weighted by molar-refractivity contribution is 5.84. The lowest BCUT2D eigenvalue weighted by molar-refractivity contribution is -0.385. The number of hydrogen-bond acceptors (Lipinski definition) is 6. The smallest absolute Gasteiger partial charge is 0.307 e. The molecule has 1 saturated heterocycles. The van der Waals surface area contributed by atoms with E-state index in [9.17, 15) is 19.7 Å². The van der Waals surface area contributed by atoms with Gasteiger partial charge in [0.05, 0.1) is 11.5 Å². The highest BCUT2D eigenvalue weighted by Gasteiger charge is 2.12. The predicted molar refractivity (Wildman–Crippen MR) is 85.2 cm³/mol. The lowest BCUT2D eigenvalue weighted by atomic mass is 10.1. The van der Waals surface area contributed by atoms with Crippen LogP contribution in [-0.2, 0) is 16.1 Å². The van der Waals surface area contributed by atoms with Gasteiger partial charge >= 0.3 is 5.69 Å². The Hall–Kier alpha value is -2.49. The van der Waals surface area contributed by atoms with Crippen LogP contribution in [0.1, 0.15) is 19.3 Å². The molecular weight excluding hydrogens is 316 g/mol. The van der Waals surface area contributed by atoms with Gasteiger partial charge in [-0.05, 0) is 25.9 Å². The molecule has 2 heterocycles. The van der Waals surface area contributed by atoms with Crippen molar-refractivity contribution in [3.63, 3.8) is 0 Å². The van der Waals surface area contributed by atoms with E-state index >= 15 is 0 Å². The Balaban J connectivity index is 1.60. The molecule has 24 heavy (non-hydrogen) atoms. The monoisotopic (exact) mass is 338 g/mol. The summed E-state index contributed by atoms with van der Waals surface area (Å²) in [6, 6.07) is 0. The topological polar surface area (TPSA) is 122 Å².